The van der Waals surface area contributed by atoms with Crippen molar-refractivity contribution in [2.45, 2.75) is 51.2 Å². The van der Waals surface area contributed by atoms with Crippen LogP contribution in [0.5, 0.6) is 0 Å². The van der Waals surface area contributed by atoms with E-state index in [-0.39, 0.29) is 5.82 Å². The first-order chi connectivity index (χ1) is 10.3. The molecule has 2 aromatic rings. The zero-order valence-corrected chi connectivity index (χ0v) is 12.3. The van der Waals surface area contributed by atoms with Gasteiger partial charge in [-0.2, -0.15) is 0 Å². The monoisotopic (exact) mass is 287 g/mol. The van der Waals surface area contributed by atoms with Gasteiger partial charge in [0, 0.05) is 25.0 Å². The van der Waals surface area contributed by atoms with Crippen LogP contribution >= 0.6 is 0 Å². The summed E-state index contributed by atoms with van der Waals surface area (Å²) in [4.78, 5) is 4.44. The molecule has 1 fully saturated rings. The molecule has 21 heavy (non-hydrogen) atoms. The normalized spacial score (nSPS) is 16.2. The fraction of sp³-hybridized carbons (Fsp3) is 0.471. The predicted octanol–water partition coefficient (Wildman–Crippen LogP) is 3.49. The molecule has 1 aromatic carbocycles. The van der Waals surface area contributed by atoms with Gasteiger partial charge >= 0.3 is 0 Å². The lowest BCUT2D eigenvalue weighted by Crippen LogP contribution is -2.31. The molecule has 0 saturated heterocycles. The topological polar surface area (TPSA) is 29.9 Å². The fourth-order valence-corrected chi connectivity index (χ4v) is 2.98. The number of benzene rings is 1. The van der Waals surface area contributed by atoms with Gasteiger partial charge < -0.3 is 9.88 Å². The van der Waals surface area contributed by atoms with Crippen molar-refractivity contribution in [1.29, 1.82) is 0 Å². The highest BCUT2D eigenvalue weighted by Crippen LogP contribution is 2.17. The molecule has 0 radical (unpaired) electrons. The summed E-state index contributed by atoms with van der Waals surface area (Å²) in [5, 5.41) is 3.62. The van der Waals surface area contributed by atoms with Crippen LogP contribution in [0.15, 0.2) is 36.7 Å². The van der Waals surface area contributed by atoms with Crippen LogP contribution < -0.4 is 5.32 Å². The predicted molar refractivity (Wildman–Crippen MR) is 81.4 cm³/mol. The largest absolute Gasteiger partial charge is 0.329 e. The third kappa shape index (κ3) is 3.91. The van der Waals surface area contributed by atoms with Crippen molar-refractivity contribution in [3.63, 3.8) is 0 Å². The molecule has 0 amide bonds. The molecule has 0 bridgehead atoms. The second kappa shape index (κ2) is 6.85. The Hall–Kier alpha value is -1.68. The SMILES string of the molecule is Fc1ccc(Cn2ccnc2CNC2CCCCC2)cc1. The van der Waals surface area contributed by atoms with E-state index in [0.29, 0.717) is 6.04 Å². The van der Waals surface area contributed by atoms with E-state index in [1.165, 1.54) is 44.2 Å². The second-order valence-electron chi connectivity index (χ2n) is 5.81. The summed E-state index contributed by atoms with van der Waals surface area (Å²) < 4.78 is 15.1. The van der Waals surface area contributed by atoms with Crippen LogP contribution in [0, 0.1) is 5.82 Å². The summed E-state index contributed by atoms with van der Waals surface area (Å²) in [5.41, 5.74) is 1.09. The van der Waals surface area contributed by atoms with Crippen molar-refractivity contribution in [3.8, 4) is 0 Å². The van der Waals surface area contributed by atoms with Crippen LogP contribution in [0.1, 0.15) is 43.5 Å². The summed E-state index contributed by atoms with van der Waals surface area (Å²) >= 11 is 0. The van der Waals surface area contributed by atoms with Crippen LogP contribution in [0.3, 0.4) is 0 Å². The lowest BCUT2D eigenvalue weighted by molar-refractivity contribution is 0.367. The number of halogens is 1. The maximum Gasteiger partial charge on any atom is 0.123 e. The van der Waals surface area contributed by atoms with E-state index in [9.17, 15) is 4.39 Å². The van der Waals surface area contributed by atoms with Crippen LogP contribution in [0.25, 0.3) is 0 Å². The van der Waals surface area contributed by atoms with Crippen molar-refractivity contribution in [2.24, 2.45) is 0 Å². The first-order valence-corrected chi connectivity index (χ1v) is 7.79. The molecule has 1 aliphatic rings. The van der Waals surface area contributed by atoms with Gasteiger partial charge in [-0.05, 0) is 30.5 Å². The van der Waals surface area contributed by atoms with Crippen LogP contribution in [0.4, 0.5) is 4.39 Å². The average molecular weight is 287 g/mol. The van der Waals surface area contributed by atoms with Gasteiger partial charge in [0.25, 0.3) is 0 Å². The van der Waals surface area contributed by atoms with Crippen molar-refractivity contribution in [3.05, 3.63) is 53.9 Å². The molecule has 1 saturated carbocycles. The molecule has 1 heterocycles. The van der Waals surface area contributed by atoms with Crippen molar-refractivity contribution >= 4 is 0 Å². The number of rotatable bonds is 5. The number of aromatic nitrogens is 2. The Morgan fingerprint density at radius 3 is 2.67 bits per heavy atom. The summed E-state index contributed by atoms with van der Waals surface area (Å²) in [6, 6.07) is 7.30. The van der Waals surface area contributed by atoms with E-state index in [1.54, 1.807) is 0 Å². The Labute approximate surface area is 125 Å². The molecule has 3 rings (SSSR count). The van der Waals surface area contributed by atoms with Gasteiger partial charge in [-0.15, -0.1) is 0 Å². The number of nitrogens with one attached hydrogen (secondary N) is 1. The lowest BCUT2D eigenvalue weighted by Gasteiger charge is -2.22. The van der Waals surface area contributed by atoms with Crippen molar-refractivity contribution in [1.82, 2.24) is 14.9 Å². The molecule has 4 heteroatoms. The number of hydrogen-bond donors (Lipinski definition) is 1. The van der Waals surface area contributed by atoms with Crippen molar-refractivity contribution in [2.75, 3.05) is 0 Å². The molecule has 1 aliphatic carbocycles. The molecule has 0 atom stereocenters. The summed E-state index contributed by atoms with van der Waals surface area (Å²) in [6.07, 6.45) is 10.4. The smallest absolute Gasteiger partial charge is 0.123 e. The van der Waals surface area contributed by atoms with E-state index in [1.807, 2.05) is 24.5 Å². The first-order valence-electron chi connectivity index (χ1n) is 7.79. The average Bonchev–Trinajstić information content (AvgIpc) is 2.96. The number of nitrogens with zero attached hydrogens (tertiary/aromatic N) is 2. The summed E-state index contributed by atoms with van der Waals surface area (Å²) in [5.74, 6) is 0.855. The molecular weight excluding hydrogens is 265 g/mol. The zero-order valence-electron chi connectivity index (χ0n) is 12.3. The Morgan fingerprint density at radius 1 is 1.14 bits per heavy atom. The van der Waals surface area contributed by atoms with E-state index >= 15 is 0 Å². The molecule has 0 aliphatic heterocycles. The van der Waals surface area contributed by atoms with E-state index in [4.69, 9.17) is 0 Å². The van der Waals surface area contributed by atoms with Crippen LogP contribution in [-0.4, -0.2) is 15.6 Å². The Morgan fingerprint density at radius 2 is 1.90 bits per heavy atom. The molecule has 1 N–H and O–H groups in total. The lowest BCUT2D eigenvalue weighted by atomic mass is 9.95. The highest BCUT2D eigenvalue weighted by molar-refractivity contribution is 5.17. The van der Waals surface area contributed by atoms with Crippen LogP contribution in [-0.2, 0) is 13.1 Å². The van der Waals surface area contributed by atoms with E-state index in [2.05, 4.69) is 14.9 Å². The third-order valence-corrected chi connectivity index (χ3v) is 4.22. The Bertz CT molecular complexity index is 556. The Kier molecular flexibility index (Phi) is 4.65. The number of imidazole rings is 1. The highest BCUT2D eigenvalue weighted by atomic mass is 19.1. The molecule has 1 aromatic heterocycles. The minimum absolute atomic E-state index is 0.191. The van der Waals surface area contributed by atoms with E-state index in [0.717, 1.165) is 24.5 Å². The molecule has 0 spiro atoms. The maximum atomic E-state index is 12.9. The highest BCUT2D eigenvalue weighted by Gasteiger charge is 2.13. The summed E-state index contributed by atoms with van der Waals surface area (Å²) in [6.45, 7) is 1.54. The van der Waals surface area contributed by atoms with Crippen LogP contribution in [0.2, 0.25) is 0 Å². The molecule has 0 unspecified atom stereocenters. The van der Waals surface area contributed by atoms with Gasteiger partial charge in [0.2, 0.25) is 0 Å². The number of hydrogen-bond acceptors (Lipinski definition) is 2. The molecule has 3 nitrogen and oxygen atoms in total. The fourth-order valence-electron chi connectivity index (χ4n) is 2.98. The summed E-state index contributed by atoms with van der Waals surface area (Å²) in [7, 11) is 0. The van der Waals surface area contributed by atoms with Gasteiger partial charge in [-0.25, -0.2) is 9.37 Å². The van der Waals surface area contributed by atoms with Gasteiger partial charge in [0.05, 0.1) is 6.54 Å². The molecule has 112 valence electrons. The van der Waals surface area contributed by atoms with E-state index < -0.39 is 0 Å². The quantitative estimate of drug-likeness (QED) is 0.912. The first kappa shape index (κ1) is 14.3. The minimum Gasteiger partial charge on any atom is -0.329 e. The Balaban J connectivity index is 1.59. The minimum atomic E-state index is -0.191. The van der Waals surface area contributed by atoms with Gasteiger partial charge in [-0.1, -0.05) is 31.4 Å². The molecular formula is C17H22FN3. The van der Waals surface area contributed by atoms with Gasteiger partial charge in [0.1, 0.15) is 11.6 Å². The van der Waals surface area contributed by atoms with Gasteiger partial charge in [-0.3, -0.25) is 0 Å². The zero-order chi connectivity index (χ0) is 14.5. The van der Waals surface area contributed by atoms with Crippen molar-refractivity contribution < 1.29 is 4.39 Å². The van der Waals surface area contributed by atoms with Gasteiger partial charge in [0.15, 0.2) is 0 Å². The standard InChI is InChI=1S/C17H22FN3/c18-15-8-6-14(7-9-15)13-21-11-10-19-17(21)12-20-16-4-2-1-3-5-16/h6-11,16,20H,1-5,12-13H2. The third-order valence-electron chi connectivity index (χ3n) is 4.22. The second-order valence-corrected chi connectivity index (χ2v) is 5.81. The maximum absolute atomic E-state index is 12.9.